The summed E-state index contributed by atoms with van der Waals surface area (Å²) in [7, 11) is 0. The SMILES string of the molecule is CC(C)CC(O)Cc1ccncc1[N+](=O)[O-]. The van der Waals surface area contributed by atoms with E-state index in [0.29, 0.717) is 24.3 Å². The molecule has 1 rings (SSSR count). The summed E-state index contributed by atoms with van der Waals surface area (Å²) in [5.74, 6) is 0.371. The van der Waals surface area contributed by atoms with Crippen LogP contribution in [0.2, 0.25) is 0 Å². The molecule has 0 aliphatic rings. The van der Waals surface area contributed by atoms with E-state index in [0.717, 1.165) is 0 Å². The second-order valence-corrected chi connectivity index (χ2v) is 4.25. The quantitative estimate of drug-likeness (QED) is 0.612. The summed E-state index contributed by atoms with van der Waals surface area (Å²) in [6, 6.07) is 1.58. The van der Waals surface area contributed by atoms with E-state index in [2.05, 4.69) is 4.98 Å². The summed E-state index contributed by atoms with van der Waals surface area (Å²) in [5, 5.41) is 20.4. The molecule has 1 aromatic rings. The zero-order chi connectivity index (χ0) is 12.1. The van der Waals surface area contributed by atoms with Crippen molar-refractivity contribution in [2.45, 2.75) is 32.8 Å². The molecule has 0 fully saturated rings. The predicted octanol–water partition coefficient (Wildman–Crippen LogP) is 1.94. The van der Waals surface area contributed by atoms with Crippen LogP contribution in [0.25, 0.3) is 0 Å². The largest absolute Gasteiger partial charge is 0.393 e. The van der Waals surface area contributed by atoms with Gasteiger partial charge in [0, 0.05) is 18.2 Å². The van der Waals surface area contributed by atoms with Crippen molar-refractivity contribution in [3.8, 4) is 0 Å². The van der Waals surface area contributed by atoms with Gasteiger partial charge in [0.1, 0.15) is 6.20 Å². The standard InChI is InChI=1S/C11H16N2O3/c1-8(2)5-10(14)6-9-3-4-12-7-11(9)13(15)16/h3-4,7-8,10,14H,5-6H2,1-2H3. The summed E-state index contributed by atoms with van der Waals surface area (Å²) in [4.78, 5) is 14.0. The van der Waals surface area contributed by atoms with Gasteiger partial charge >= 0.3 is 0 Å². The number of nitro groups is 1. The van der Waals surface area contributed by atoms with Gasteiger partial charge in [-0.25, -0.2) is 0 Å². The van der Waals surface area contributed by atoms with Crippen LogP contribution in [-0.4, -0.2) is 21.1 Å². The molecule has 88 valence electrons. The number of pyridine rings is 1. The second-order valence-electron chi connectivity index (χ2n) is 4.25. The molecule has 1 N–H and O–H groups in total. The minimum absolute atomic E-state index is 0.0229. The van der Waals surface area contributed by atoms with Crippen LogP contribution in [0.15, 0.2) is 18.5 Å². The summed E-state index contributed by atoms with van der Waals surface area (Å²) in [6.07, 6.45) is 3.12. The highest BCUT2D eigenvalue weighted by atomic mass is 16.6. The summed E-state index contributed by atoms with van der Waals surface area (Å²) in [5.41, 5.74) is 0.512. The van der Waals surface area contributed by atoms with E-state index in [1.807, 2.05) is 13.8 Å². The Morgan fingerprint density at radius 1 is 1.56 bits per heavy atom. The smallest absolute Gasteiger partial charge is 0.290 e. The van der Waals surface area contributed by atoms with E-state index in [1.165, 1.54) is 12.4 Å². The minimum Gasteiger partial charge on any atom is -0.393 e. The topological polar surface area (TPSA) is 76.3 Å². The molecule has 5 heteroatoms. The lowest BCUT2D eigenvalue weighted by atomic mass is 9.99. The molecule has 1 aromatic heterocycles. The van der Waals surface area contributed by atoms with Crippen LogP contribution in [0.1, 0.15) is 25.8 Å². The maximum absolute atomic E-state index is 10.7. The Balaban J connectivity index is 2.76. The molecule has 0 aliphatic heterocycles. The van der Waals surface area contributed by atoms with Crippen molar-refractivity contribution in [3.05, 3.63) is 34.1 Å². The number of aromatic nitrogens is 1. The van der Waals surface area contributed by atoms with Gasteiger partial charge in [-0.05, 0) is 18.4 Å². The minimum atomic E-state index is -0.541. The van der Waals surface area contributed by atoms with Gasteiger partial charge in [-0.1, -0.05) is 13.8 Å². The Labute approximate surface area is 94.3 Å². The van der Waals surface area contributed by atoms with E-state index in [4.69, 9.17) is 0 Å². The average Bonchev–Trinajstić information content (AvgIpc) is 2.16. The van der Waals surface area contributed by atoms with Crippen LogP contribution in [0.4, 0.5) is 5.69 Å². The first-order chi connectivity index (χ1) is 7.50. The molecule has 0 saturated carbocycles. The van der Waals surface area contributed by atoms with Gasteiger partial charge in [-0.2, -0.15) is 0 Å². The van der Waals surface area contributed by atoms with Crippen LogP contribution in [0.5, 0.6) is 0 Å². The van der Waals surface area contributed by atoms with Crippen molar-refractivity contribution < 1.29 is 10.0 Å². The van der Waals surface area contributed by atoms with Gasteiger partial charge in [-0.15, -0.1) is 0 Å². The van der Waals surface area contributed by atoms with Crippen LogP contribution in [-0.2, 0) is 6.42 Å². The van der Waals surface area contributed by atoms with Crippen molar-refractivity contribution in [2.24, 2.45) is 5.92 Å². The number of rotatable bonds is 5. The maximum Gasteiger partial charge on any atom is 0.290 e. The van der Waals surface area contributed by atoms with Crippen molar-refractivity contribution in [1.29, 1.82) is 0 Å². The maximum atomic E-state index is 10.7. The van der Waals surface area contributed by atoms with Gasteiger partial charge in [0.15, 0.2) is 0 Å². The molecule has 5 nitrogen and oxygen atoms in total. The Morgan fingerprint density at radius 3 is 2.81 bits per heavy atom. The third-order valence-electron chi connectivity index (χ3n) is 2.28. The molecule has 0 radical (unpaired) electrons. The van der Waals surface area contributed by atoms with E-state index in [1.54, 1.807) is 6.07 Å². The molecule has 1 atom stereocenters. The molecule has 1 heterocycles. The molecule has 0 bridgehead atoms. The summed E-state index contributed by atoms with van der Waals surface area (Å²) in [6.45, 7) is 4.01. The molecular formula is C11H16N2O3. The lowest BCUT2D eigenvalue weighted by molar-refractivity contribution is -0.386. The summed E-state index contributed by atoms with van der Waals surface area (Å²) >= 11 is 0. The Morgan fingerprint density at radius 2 is 2.25 bits per heavy atom. The fourth-order valence-electron chi connectivity index (χ4n) is 1.63. The fraction of sp³-hybridized carbons (Fsp3) is 0.545. The molecule has 0 amide bonds. The van der Waals surface area contributed by atoms with Crippen molar-refractivity contribution in [2.75, 3.05) is 0 Å². The highest BCUT2D eigenvalue weighted by Crippen LogP contribution is 2.19. The number of nitrogens with zero attached hydrogens (tertiary/aromatic N) is 2. The third kappa shape index (κ3) is 3.58. The lowest BCUT2D eigenvalue weighted by Gasteiger charge is -2.12. The molecule has 0 spiro atoms. The molecule has 0 aromatic carbocycles. The van der Waals surface area contributed by atoms with Gasteiger partial charge in [0.05, 0.1) is 11.0 Å². The highest BCUT2D eigenvalue weighted by Gasteiger charge is 2.17. The second kappa shape index (κ2) is 5.55. The van der Waals surface area contributed by atoms with Crippen molar-refractivity contribution in [1.82, 2.24) is 4.98 Å². The van der Waals surface area contributed by atoms with Gasteiger partial charge in [-0.3, -0.25) is 15.1 Å². The van der Waals surface area contributed by atoms with E-state index >= 15 is 0 Å². The van der Waals surface area contributed by atoms with E-state index in [9.17, 15) is 15.2 Å². The van der Waals surface area contributed by atoms with Crippen LogP contribution in [0.3, 0.4) is 0 Å². The van der Waals surface area contributed by atoms with Gasteiger partial charge in [0.2, 0.25) is 0 Å². The number of hydrogen-bond acceptors (Lipinski definition) is 4. The number of aliphatic hydroxyl groups is 1. The number of hydrogen-bond donors (Lipinski definition) is 1. The first-order valence-electron chi connectivity index (χ1n) is 5.26. The summed E-state index contributed by atoms with van der Waals surface area (Å²) < 4.78 is 0. The van der Waals surface area contributed by atoms with Crippen LogP contribution < -0.4 is 0 Å². The van der Waals surface area contributed by atoms with Gasteiger partial charge < -0.3 is 5.11 Å². The molecule has 1 unspecified atom stereocenters. The Hall–Kier alpha value is -1.49. The first-order valence-corrected chi connectivity index (χ1v) is 5.26. The van der Waals surface area contributed by atoms with E-state index in [-0.39, 0.29) is 5.69 Å². The number of aliphatic hydroxyl groups excluding tert-OH is 1. The Kier molecular flexibility index (Phi) is 4.37. The third-order valence-corrected chi connectivity index (χ3v) is 2.28. The van der Waals surface area contributed by atoms with Crippen LogP contribution in [0, 0.1) is 16.0 Å². The lowest BCUT2D eigenvalue weighted by Crippen LogP contribution is -2.14. The average molecular weight is 224 g/mol. The highest BCUT2D eigenvalue weighted by molar-refractivity contribution is 5.37. The predicted molar refractivity (Wildman–Crippen MR) is 60.1 cm³/mol. The van der Waals surface area contributed by atoms with E-state index < -0.39 is 11.0 Å². The normalized spacial score (nSPS) is 12.8. The van der Waals surface area contributed by atoms with Crippen molar-refractivity contribution >= 4 is 5.69 Å². The van der Waals surface area contributed by atoms with Crippen LogP contribution >= 0.6 is 0 Å². The zero-order valence-corrected chi connectivity index (χ0v) is 9.46. The van der Waals surface area contributed by atoms with Gasteiger partial charge in [0.25, 0.3) is 5.69 Å². The molecular weight excluding hydrogens is 208 g/mol. The Bertz CT molecular complexity index is 366. The van der Waals surface area contributed by atoms with Crippen molar-refractivity contribution in [3.63, 3.8) is 0 Å². The fourth-order valence-corrected chi connectivity index (χ4v) is 1.63. The monoisotopic (exact) mass is 224 g/mol. The molecule has 0 aliphatic carbocycles. The zero-order valence-electron chi connectivity index (χ0n) is 9.46. The first kappa shape index (κ1) is 12.6. The molecule has 0 saturated heterocycles. The molecule has 16 heavy (non-hydrogen) atoms.